The number of ether oxygens (including phenoxy) is 1. The molecule has 0 radical (unpaired) electrons. The predicted octanol–water partition coefficient (Wildman–Crippen LogP) is 1.27. The lowest BCUT2D eigenvalue weighted by Gasteiger charge is -2.37. The van der Waals surface area contributed by atoms with Crippen LogP contribution in [0.4, 0.5) is 11.4 Å². The second kappa shape index (κ2) is 22.4. The van der Waals surface area contributed by atoms with E-state index in [1.165, 1.54) is 31.0 Å². The van der Waals surface area contributed by atoms with E-state index in [0.29, 0.717) is 0 Å². The lowest BCUT2D eigenvalue weighted by atomic mass is 10.00. The number of benzene rings is 4. The molecule has 0 aliphatic carbocycles. The SMILES string of the molecule is C.C.C[n+]1c(-c2ccc(N)cc2)sc2ccccc21.C[n+]1c(-c2ccc(NCC(O)C(O)C(O)C(O)CO)cc2)sc2ccccc21.OCC1OC(O)C(O)C(O)C1O. The third-order valence-electron chi connectivity index (χ3n) is 9.47. The monoisotopic (exact) mass is 858 g/mol. The number of fused-ring (bicyclic) bond motifs is 2. The number of hydrogen-bond donors (Lipinski definition) is 12. The number of aromatic nitrogens is 2. The fourth-order valence-electron chi connectivity index (χ4n) is 6.05. The molecule has 59 heavy (non-hydrogen) atoms. The van der Waals surface area contributed by atoms with Gasteiger partial charge in [0, 0.05) is 30.1 Å². The first-order chi connectivity index (χ1) is 27.2. The van der Waals surface area contributed by atoms with Crippen LogP contribution in [0.3, 0.4) is 0 Å². The Balaban J connectivity index is 0.000000256. The van der Waals surface area contributed by atoms with Crippen molar-refractivity contribution >= 4 is 54.5 Å². The number of aryl methyl sites for hydroxylation is 2. The van der Waals surface area contributed by atoms with E-state index in [4.69, 9.17) is 36.4 Å². The topological polar surface area (TPSA) is 257 Å². The van der Waals surface area contributed by atoms with Gasteiger partial charge >= 0.3 is 0 Å². The van der Waals surface area contributed by atoms with Crippen LogP contribution in [0, 0.1) is 0 Å². The zero-order chi connectivity index (χ0) is 41.4. The molecule has 0 bridgehead atoms. The zero-order valence-electron chi connectivity index (χ0n) is 31.2. The van der Waals surface area contributed by atoms with E-state index in [1.807, 2.05) is 55.6 Å². The zero-order valence-corrected chi connectivity index (χ0v) is 32.9. The van der Waals surface area contributed by atoms with Gasteiger partial charge in [0.2, 0.25) is 11.0 Å². The Kier molecular flexibility index (Phi) is 18.7. The van der Waals surface area contributed by atoms with Gasteiger partial charge in [-0.05, 0) is 60.7 Å². The van der Waals surface area contributed by atoms with Gasteiger partial charge in [0.05, 0.1) is 30.4 Å². The first kappa shape index (κ1) is 49.2. The standard InChI is InChI=1S/C20H24N2O5S.C14H12N2S.C6H12O6.2CH4/c1-22-14-4-2-3-5-17(14)28-20(22)12-6-8-13(9-7-12)21-10-15(24)18(26)19(27)16(25)11-23;1-16-12-4-2-3-5-13(12)17-14(16)10-6-8-11(15)9-7-10;7-1-2-3(8)4(9)5(10)6(11)12-2;;/h2-9,15-16,18-19,23-27H,10-11H2,1H3;2-9,15H,1H3;2-11H,1H2;2*1H4/p+2. The van der Waals surface area contributed by atoms with E-state index in [2.05, 4.69) is 74.8 Å². The average molecular weight is 859 g/mol. The molecule has 0 amide bonds. The molecular weight excluding hydrogens is 801 g/mol. The summed E-state index contributed by atoms with van der Waals surface area (Å²) >= 11 is 3.52. The van der Waals surface area contributed by atoms with Crippen molar-refractivity contribution in [3.05, 3.63) is 97.1 Å². The highest BCUT2D eigenvalue weighted by Gasteiger charge is 2.42. The summed E-state index contributed by atoms with van der Waals surface area (Å²) in [4.78, 5) is 0. The molecular formula is C42H58N4O11S2+2. The van der Waals surface area contributed by atoms with Crippen LogP contribution in [0.5, 0.6) is 0 Å². The van der Waals surface area contributed by atoms with Crippen molar-refractivity contribution in [3.8, 4) is 21.1 Å². The molecule has 2 aromatic heterocycles. The van der Waals surface area contributed by atoms with Crippen LogP contribution < -0.4 is 20.2 Å². The van der Waals surface area contributed by atoms with Crippen LogP contribution in [0.15, 0.2) is 97.1 Å². The molecule has 4 aromatic carbocycles. The smallest absolute Gasteiger partial charge is 0.269 e. The second-order valence-corrected chi connectivity index (χ2v) is 15.5. The van der Waals surface area contributed by atoms with Crippen molar-refractivity contribution < 1.29 is 64.9 Å². The summed E-state index contributed by atoms with van der Waals surface area (Å²) in [6, 6.07) is 32.4. The maximum absolute atomic E-state index is 9.98. The van der Waals surface area contributed by atoms with Gasteiger partial charge in [-0.25, -0.2) is 0 Å². The second-order valence-electron chi connectivity index (χ2n) is 13.5. The first-order valence-electron chi connectivity index (χ1n) is 18.0. The molecule has 1 aliphatic rings. The molecule has 0 saturated carbocycles. The number of anilines is 2. The van der Waals surface area contributed by atoms with Crippen LogP contribution in [0.1, 0.15) is 14.9 Å². The number of rotatable bonds is 10. The Labute approximate surface area is 351 Å². The van der Waals surface area contributed by atoms with Gasteiger partial charge in [0.15, 0.2) is 6.29 Å². The molecule has 9 atom stereocenters. The molecule has 13 N–H and O–H groups in total. The number of thiazole rings is 2. The predicted molar refractivity (Wildman–Crippen MR) is 230 cm³/mol. The van der Waals surface area contributed by atoms with Crippen LogP contribution in [-0.2, 0) is 18.8 Å². The average Bonchev–Trinajstić information content (AvgIpc) is 3.76. The van der Waals surface area contributed by atoms with Crippen molar-refractivity contribution in [3.63, 3.8) is 0 Å². The molecule has 7 rings (SSSR count). The van der Waals surface area contributed by atoms with Crippen LogP contribution in [0.2, 0.25) is 0 Å². The van der Waals surface area contributed by atoms with Crippen molar-refractivity contribution in [1.29, 1.82) is 0 Å². The number of aliphatic hydroxyl groups is 10. The Morgan fingerprint density at radius 2 is 1.10 bits per heavy atom. The fourth-order valence-corrected chi connectivity index (χ4v) is 8.36. The highest BCUT2D eigenvalue weighted by atomic mass is 32.1. The molecule has 1 saturated heterocycles. The molecule has 17 heteroatoms. The highest BCUT2D eigenvalue weighted by Crippen LogP contribution is 2.30. The third kappa shape index (κ3) is 11.8. The van der Waals surface area contributed by atoms with Gasteiger partial charge in [-0.2, -0.15) is 9.13 Å². The number of nitrogens with one attached hydrogen (secondary N) is 1. The minimum Gasteiger partial charge on any atom is -0.399 e. The number of nitrogens with zero attached hydrogens (tertiary/aromatic N) is 2. The lowest BCUT2D eigenvalue weighted by Crippen LogP contribution is -2.58. The molecule has 9 unspecified atom stereocenters. The first-order valence-corrected chi connectivity index (χ1v) is 19.7. The van der Waals surface area contributed by atoms with Gasteiger partial charge in [-0.3, -0.25) is 0 Å². The summed E-state index contributed by atoms with van der Waals surface area (Å²) in [7, 11) is 4.13. The third-order valence-corrected chi connectivity index (χ3v) is 12.0. The molecule has 1 fully saturated rings. The van der Waals surface area contributed by atoms with Gasteiger partial charge in [0.25, 0.3) is 10.0 Å². The Morgan fingerprint density at radius 3 is 1.56 bits per heavy atom. The van der Waals surface area contributed by atoms with Crippen molar-refractivity contribution in [2.45, 2.75) is 70.0 Å². The van der Waals surface area contributed by atoms with E-state index in [-0.39, 0.29) is 21.4 Å². The van der Waals surface area contributed by atoms with Gasteiger partial charge in [0.1, 0.15) is 66.2 Å². The largest absolute Gasteiger partial charge is 0.399 e. The van der Waals surface area contributed by atoms with Crippen LogP contribution in [-0.4, -0.2) is 126 Å². The maximum atomic E-state index is 9.98. The number of nitrogens with two attached hydrogens (primary N) is 1. The van der Waals surface area contributed by atoms with Crippen LogP contribution >= 0.6 is 22.7 Å². The molecule has 322 valence electrons. The molecule has 1 aliphatic heterocycles. The van der Waals surface area contributed by atoms with Crippen LogP contribution in [0.25, 0.3) is 41.6 Å². The minimum absolute atomic E-state index is 0. The fraction of sp³-hybridized carbons (Fsp3) is 0.381. The van der Waals surface area contributed by atoms with E-state index >= 15 is 0 Å². The van der Waals surface area contributed by atoms with Gasteiger partial charge < -0.3 is 66.9 Å². The Hall–Kier alpha value is -4.18. The van der Waals surface area contributed by atoms with Crippen molar-refractivity contribution in [1.82, 2.24) is 0 Å². The summed E-state index contributed by atoms with van der Waals surface area (Å²) < 4.78 is 11.5. The quantitative estimate of drug-likeness (QED) is 0.0686. The lowest BCUT2D eigenvalue weighted by molar-refractivity contribution is -0.629. The minimum atomic E-state index is -1.63. The molecule has 0 spiro atoms. The maximum Gasteiger partial charge on any atom is 0.269 e. The summed E-state index contributed by atoms with van der Waals surface area (Å²) in [5, 5.41) is 97.7. The van der Waals surface area contributed by atoms with E-state index in [1.54, 1.807) is 22.7 Å². The number of aliphatic hydroxyl groups excluding tert-OH is 10. The van der Waals surface area contributed by atoms with Crippen molar-refractivity contribution in [2.24, 2.45) is 14.1 Å². The summed E-state index contributed by atoms with van der Waals surface area (Å²) in [6.07, 6.45) is -13.1. The van der Waals surface area contributed by atoms with Gasteiger partial charge in [-0.1, -0.05) is 61.8 Å². The van der Waals surface area contributed by atoms with Crippen molar-refractivity contribution in [2.75, 3.05) is 30.8 Å². The summed E-state index contributed by atoms with van der Waals surface area (Å²) in [5.41, 5.74) is 12.0. The van der Waals surface area contributed by atoms with E-state index < -0.39 is 68.3 Å². The molecule has 3 heterocycles. The van der Waals surface area contributed by atoms with E-state index in [0.717, 1.165) is 21.9 Å². The normalized spacial score (nSPS) is 20.7. The Morgan fingerprint density at radius 1 is 0.644 bits per heavy atom. The summed E-state index contributed by atoms with van der Waals surface area (Å²) in [6.45, 7) is -1.25. The molecule has 6 aromatic rings. The summed E-state index contributed by atoms with van der Waals surface area (Å²) in [5.74, 6) is 0. The number of para-hydroxylation sites is 2. The number of hydrogen-bond acceptors (Lipinski definition) is 15. The van der Waals surface area contributed by atoms with Gasteiger partial charge in [-0.15, -0.1) is 0 Å². The number of nitrogen functional groups attached to an aromatic ring is 1. The highest BCUT2D eigenvalue weighted by molar-refractivity contribution is 7.21. The molecule has 15 nitrogen and oxygen atoms in total. The Bertz CT molecular complexity index is 2170. The van der Waals surface area contributed by atoms with E-state index in [9.17, 15) is 20.4 Å².